The number of imide groups is 1. The number of benzene rings is 2. The van der Waals surface area contributed by atoms with Crippen LogP contribution in [0.2, 0.25) is 0 Å². The Morgan fingerprint density at radius 1 is 0.956 bits per heavy atom. The number of ether oxygens (including phenoxy) is 1. The number of anilines is 2. The van der Waals surface area contributed by atoms with E-state index in [0.29, 0.717) is 53.5 Å². The largest absolute Gasteiger partial charge is 0.457 e. The SMILES string of the molecule is Nc1ncnc2c1c(-c1ccc(Oc3ccccc3)cc1)nn2C1CCN(Cc2cncc(N3CCC(=O)NC3=O)c2F)CC1. The molecule has 3 amide bonds. The summed E-state index contributed by atoms with van der Waals surface area (Å²) in [6.07, 6.45) is 5.88. The van der Waals surface area contributed by atoms with E-state index in [-0.39, 0.29) is 30.6 Å². The van der Waals surface area contributed by atoms with Crippen LogP contribution in [-0.4, -0.2) is 61.2 Å². The molecule has 2 aromatic carbocycles. The van der Waals surface area contributed by atoms with Crippen molar-refractivity contribution in [3.63, 3.8) is 0 Å². The third kappa shape index (κ3) is 5.65. The number of halogens is 1. The Labute approximate surface area is 257 Å². The van der Waals surface area contributed by atoms with E-state index in [1.807, 2.05) is 59.3 Å². The van der Waals surface area contributed by atoms with Crippen molar-refractivity contribution in [2.45, 2.75) is 31.8 Å². The van der Waals surface area contributed by atoms with Gasteiger partial charge in [0.2, 0.25) is 5.91 Å². The average Bonchev–Trinajstić information content (AvgIpc) is 3.45. The predicted molar refractivity (Wildman–Crippen MR) is 165 cm³/mol. The molecule has 5 aromatic rings. The number of piperidine rings is 1. The molecule has 12 nitrogen and oxygen atoms in total. The number of fused-ring (bicyclic) bond motifs is 1. The summed E-state index contributed by atoms with van der Waals surface area (Å²) >= 11 is 0. The minimum absolute atomic E-state index is 0.0522. The van der Waals surface area contributed by atoms with Crippen molar-refractivity contribution in [3.8, 4) is 22.8 Å². The topological polar surface area (TPSA) is 144 Å². The first-order valence-corrected chi connectivity index (χ1v) is 14.7. The van der Waals surface area contributed by atoms with Crippen LogP contribution in [0.1, 0.15) is 30.9 Å². The number of nitrogens with zero attached hydrogens (tertiary/aromatic N) is 7. The Kier molecular flexibility index (Phi) is 7.51. The normalized spacial score (nSPS) is 16.2. The van der Waals surface area contributed by atoms with Crippen molar-refractivity contribution in [2.75, 3.05) is 30.3 Å². The summed E-state index contributed by atoms with van der Waals surface area (Å²) in [5.41, 5.74) is 9.05. The molecule has 3 aromatic heterocycles. The summed E-state index contributed by atoms with van der Waals surface area (Å²) in [5, 5.41) is 7.92. The van der Waals surface area contributed by atoms with E-state index in [9.17, 15) is 9.59 Å². The Bertz CT molecular complexity index is 1870. The zero-order valence-corrected chi connectivity index (χ0v) is 24.3. The molecule has 0 bridgehead atoms. The first kappa shape index (κ1) is 28.3. The van der Waals surface area contributed by atoms with E-state index in [0.717, 1.165) is 24.2 Å². The number of carbonyl (C=O) groups is 2. The molecule has 2 aliphatic rings. The summed E-state index contributed by atoms with van der Waals surface area (Å²) in [6.45, 7) is 1.83. The number of amides is 3. The molecule has 228 valence electrons. The van der Waals surface area contributed by atoms with E-state index in [1.54, 1.807) is 0 Å². The molecule has 7 rings (SSSR count). The van der Waals surface area contributed by atoms with Crippen molar-refractivity contribution in [3.05, 3.63) is 84.7 Å². The fraction of sp³-hybridized carbons (Fsp3) is 0.250. The van der Waals surface area contributed by atoms with Gasteiger partial charge in [-0.3, -0.25) is 24.9 Å². The third-order valence-electron chi connectivity index (χ3n) is 8.20. The summed E-state index contributed by atoms with van der Waals surface area (Å²) in [4.78, 5) is 40.1. The highest BCUT2D eigenvalue weighted by Gasteiger charge is 2.29. The second kappa shape index (κ2) is 11.9. The lowest BCUT2D eigenvalue weighted by Crippen LogP contribution is -2.50. The quantitative estimate of drug-likeness (QED) is 0.269. The van der Waals surface area contributed by atoms with Gasteiger partial charge in [-0.1, -0.05) is 18.2 Å². The molecular formula is C32H30FN9O3. The number of carbonyl (C=O) groups excluding carboxylic acids is 2. The lowest BCUT2D eigenvalue weighted by molar-refractivity contribution is -0.120. The number of hydrogen-bond donors (Lipinski definition) is 2. The van der Waals surface area contributed by atoms with Crippen LogP contribution in [0, 0.1) is 5.82 Å². The van der Waals surface area contributed by atoms with Gasteiger partial charge in [-0.2, -0.15) is 5.10 Å². The number of urea groups is 1. The van der Waals surface area contributed by atoms with Crippen LogP contribution in [0.15, 0.2) is 73.3 Å². The molecule has 2 aliphatic heterocycles. The molecule has 0 spiro atoms. The summed E-state index contributed by atoms with van der Waals surface area (Å²) in [7, 11) is 0. The van der Waals surface area contributed by atoms with E-state index >= 15 is 4.39 Å². The van der Waals surface area contributed by atoms with Gasteiger partial charge in [0.15, 0.2) is 11.5 Å². The van der Waals surface area contributed by atoms with Gasteiger partial charge < -0.3 is 10.5 Å². The standard InChI is InChI=1S/C32H30FN9O3/c33-28-21(16-35-17-25(28)41-15-12-26(43)38-32(41)44)18-40-13-10-22(11-14-40)42-31-27(30(34)36-19-37-31)29(39-42)20-6-8-24(9-7-20)45-23-4-2-1-3-5-23/h1-9,16-17,19,22H,10-15,18H2,(H2,34,36,37)(H,38,43,44). The number of nitrogens with one attached hydrogen (secondary N) is 1. The van der Waals surface area contributed by atoms with Crippen molar-refractivity contribution in [1.29, 1.82) is 0 Å². The maximum absolute atomic E-state index is 15.5. The minimum atomic E-state index is -0.642. The van der Waals surface area contributed by atoms with Crippen LogP contribution >= 0.6 is 0 Å². The summed E-state index contributed by atoms with van der Waals surface area (Å²) in [6, 6.07) is 16.7. The highest BCUT2D eigenvalue weighted by Crippen LogP contribution is 2.35. The molecule has 0 saturated carbocycles. The Morgan fingerprint density at radius 3 is 2.47 bits per heavy atom. The number of likely N-dealkylation sites (tertiary alicyclic amines) is 1. The summed E-state index contributed by atoms with van der Waals surface area (Å²) in [5.74, 6) is 0.935. The third-order valence-corrected chi connectivity index (χ3v) is 8.20. The van der Waals surface area contributed by atoms with E-state index in [1.165, 1.54) is 23.6 Å². The zero-order valence-electron chi connectivity index (χ0n) is 24.3. The number of aromatic nitrogens is 5. The van der Waals surface area contributed by atoms with Gasteiger partial charge in [-0.25, -0.2) is 23.8 Å². The van der Waals surface area contributed by atoms with Gasteiger partial charge in [0.1, 0.15) is 29.3 Å². The molecule has 13 heteroatoms. The maximum atomic E-state index is 15.5. The Balaban J connectivity index is 1.07. The molecule has 45 heavy (non-hydrogen) atoms. The van der Waals surface area contributed by atoms with Gasteiger partial charge in [-0.15, -0.1) is 0 Å². The zero-order chi connectivity index (χ0) is 30.9. The van der Waals surface area contributed by atoms with Crippen LogP contribution in [0.4, 0.5) is 20.7 Å². The lowest BCUT2D eigenvalue weighted by Gasteiger charge is -2.32. The number of hydrogen-bond acceptors (Lipinski definition) is 9. The van der Waals surface area contributed by atoms with Crippen molar-refractivity contribution < 1.29 is 18.7 Å². The van der Waals surface area contributed by atoms with Crippen LogP contribution in [0.5, 0.6) is 11.5 Å². The molecule has 3 N–H and O–H groups in total. The molecule has 0 unspecified atom stereocenters. The van der Waals surface area contributed by atoms with Crippen LogP contribution in [0.25, 0.3) is 22.3 Å². The van der Waals surface area contributed by atoms with Crippen molar-refractivity contribution in [2.24, 2.45) is 0 Å². The van der Waals surface area contributed by atoms with E-state index in [2.05, 4.69) is 25.2 Å². The molecule has 0 radical (unpaired) electrons. The van der Waals surface area contributed by atoms with Gasteiger partial charge >= 0.3 is 6.03 Å². The highest BCUT2D eigenvalue weighted by molar-refractivity contribution is 6.05. The van der Waals surface area contributed by atoms with E-state index in [4.69, 9.17) is 15.6 Å². The number of pyridine rings is 1. The van der Waals surface area contributed by atoms with Gasteiger partial charge in [0.25, 0.3) is 0 Å². The number of nitrogen functional groups attached to an aromatic ring is 1. The first-order chi connectivity index (χ1) is 21.9. The van der Waals surface area contributed by atoms with Gasteiger partial charge in [0, 0.05) is 49.9 Å². The first-order valence-electron chi connectivity index (χ1n) is 14.7. The Morgan fingerprint density at radius 2 is 1.71 bits per heavy atom. The minimum Gasteiger partial charge on any atom is -0.457 e. The Hall–Kier alpha value is -5.43. The second-order valence-corrected chi connectivity index (χ2v) is 11.1. The van der Waals surface area contributed by atoms with Crippen molar-refractivity contribution >= 4 is 34.5 Å². The molecule has 2 fully saturated rings. The number of rotatable bonds is 7. The highest BCUT2D eigenvalue weighted by atomic mass is 19.1. The molecular weight excluding hydrogens is 577 g/mol. The summed E-state index contributed by atoms with van der Waals surface area (Å²) < 4.78 is 23.4. The molecule has 2 saturated heterocycles. The lowest BCUT2D eigenvalue weighted by atomic mass is 10.0. The van der Waals surface area contributed by atoms with Crippen LogP contribution in [-0.2, 0) is 11.3 Å². The predicted octanol–water partition coefficient (Wildman–Crippen LogP) is 4.69. The van der Waals surface area contributed by atoms with Gasteiger partial charge in [0.05, 0.1) is 23.3 Å². The monoisotopic (exact) mass is 607 g/mol. The van der Waals surface area contributed by atoms with Crippen LogP contribution < -0.4 is 20.7 Å². The average molecular weight is 608 g/mol. The molecule has 0 aliphatic carbocycles. The maximum Gasteiger partial charge on any atom is 0.328 e. The van der Waals surface area contributed by atoms with E-state index < -0.39 is 11.8 Å². The number of nitrogens with two attached hydrogens (primary N) is 1. The van der Waals surface area contributed by atoms with Gasteiger partial charge in [-0.05, 0) is 49.2 Å². The molecule has 5 heterocycles. The van der Waals surface area contributed by atoms with Crippen molar-refractivity contribution in [1.82, 2.24) is 34.9 Å². The number of para-hydroxylation sites is 1. The van der Waals surface area contributed by atoms with Crippen LogP contribution in [0.3, 0.4) is 0 Å². The smallest absolute Gasteiger partial charge is 0.328 e. The fourth-order valence-electron chi connectivity index (χ4n) is 5.89. The fourth-order valence-corrected chi connectivity index (χ4v) is 5.89. The molecule has 0 atom stereocenters. The second-order valence-electron chi connectivity index (χ2n) is 11.1.